The lowest BCUT2D eigenvalue weighted by atomic mass is 10.2. The standard InChI is InChI=1S/C16H14FN3O5/c17-11-3-5-13(14(10-11)20(23)24)19-16(22)7-8-18-15(21)6-4-12-2-1-9-25-12/h1-6,9-10H,7-8H2,(H,18,21)(H,19,22)/b6-4+. The lowest BCUT2D eigenvalue weighted by Crippen LogP contribution is -2.26. The zero-order valence-corrected chi connectivity index (χ0v) is 12.9. The number of anilines is 1. The van der Waals surface area contributed by atoms with Gasteiger partial charge >= 0.3 is 0 Å². The summed E-state index contributed by atoms with van der Waals surface area (Å²) in [7, 11) is 0. The minimum absolute atomic E-state index is 0.0299. The van der Waals surface area contributed by atoms with Gasteiger partial charge in [-0.15, -0.1) is 0 Å². The summed E-state index contributed by atoms with van der Waals surface area (Å²) >= 11 is 0. The Balaban J connectivity index is 1.81. The van der Waals surface area contributed by atoms with Gasteiger partial charge in [0.25, 0.3) is 5.69 Å². The van der Waals surface area contributed by atoms with E-state index >= 15 is 0 Å². The molecule has 0 spiro atoms. The third-order valence-corrected chi connectivity index (χ3v) is 3.02. The van der Waals surface area contributed by atoms with E-state index in [2.05, 4.69) is 10.6 Å². The topological polar surface area (TPSA) is 114 Å². The molecule has 0 fully saturated rings. The van der Waals surface area contributed by atoms with Crippen molar-refractivity contribution in [2.24, 2.45) is 0 Å². The number of nitro benzene ring substituents is 1. The second kappa shape index (κ2) is 8.39. The molecule has 0 aliphatic heterocycles. The smallest absolute Gasteiger partial charge is 0.295 e. The zero-order chi connectivity index (χ0) is 18.2. The van der Waals surface area contributed by atoms with Crippen LogP contribution in [-0.2, 0) is 9.59 Å². The van der Waals surface area contributed by atoms with Crippen molar-refractivity contribution in [2.75, 3.05) is 11.9 Å². The van der Waals surface area contributed by atoms with E-state index in [9.17, 15) is 24.1 Å². The van der Waals surface area contributed by atoms with Gasteiger partial charge in [-0.25, -0.2) is 4.39 Å². The molecule has 8 nitrogen and oxygen atoms in total. The molecule has 2 rings (SSSR count). The van der Waals surface area contributed by atoms with Crippen molar-refractivity contribution in [3.63, 3.8) is 0 Å². The van der Waals surface area contributed by atoms with Gasteiger partial charge in [-0.3, -0.25) is 19.7 Å². The van der Waals surface area contributed by atoms with E-state index < -0.39 is 28.2 Å². The number of carbonyl (C=O) groups is 2. The predicted octanol–water partition coefficient (Wildman–Crippen LogP) is 2.49. The zero-order valence-electron chi connectivity index (χ0n) is 12.9. The molecule has 130 valence electrons. The quantitative estimate of drug-likeness (QED) is 0.454. The van der Waals surface area contributed by atoms with E-state index in [1.54, 1.807) is 12.1 Å². The Morgan fingerprint density at radius 2 is 2.12 bits per heavy atom. The SMILES string of the molecule is O=C(/C=C/c1ccco1)NCCC(=O)Nc1ccc(F)cc1[N+](=O)[O-]. The third-order valence-electron chi connectivity index (χ3n) is 3.02. The van der Waals surface area contributed by atoms with Gasteiger partial charge in [0, 0.05) is 19.0 Å². The van der Waals surface area contributed by atoms with Crippen molar-refractivity contribution < 1.29 is 23.3 Å². The number of nitrogens with one attached hydrogen (secondary N) is 2. The molecule has 25 heavy (non-hydrogen) atoms. The van der Waals surface area contributed by atoms with Gasteiger partial charge in [-0.05, 0) is 30.3 Å². The Kier molecular flexibility index (Phi) is 5.99. The predicted molar refractivity (Wildman–Crippen MR) is 87.1 cm³/mol. The summed E-state index contributed by atoms with van der Waals surface area (Å²) in [5.41, 5.74) is -0.654. The number of furan rings is 1. The highest BCUT2D eigenvalue weighted by molar-refractivity contribution is 5.94. The molecule has 1 aromatic carbocycles. The second-order valence-electron chi connectivity index (χ2n) is 4.86. The van der Waals surface area contributed by atoms with Crippen LogP contribution in [0.4, 0.5) is 15.8 Å². The molecule has 0 radical (unpaired) electrons. The van der Waals surface area contributed by atoms with Gasteiger partial charge in [0.15, 0.2) is 0 Å². The van der Waals surface area contributed by atoms with Crippen molar-refractivity contribution in [1.29, 1.82) is 0 Å². The fraction of sp³-hybridized carbons (Fsp3) is 0.125. The molecule has 0 atom stereocenters. The fourth-order valence-electron chi connectivity index (χ4n) is 1.88. The minimum atomic E-state index is -0.792. The molecule has 2 amide bonds. The van der Waals surface area contributed by atoms with E-state index in [0.717, 1.165) is 18.2 Å². The van der Waals surface area contributed by atoms with E-state index in [1.807, 2.05) is 0 Å². The van der Waals surface area contributed by atoms with E-state index in [0.29, 0.717) is 5.76 Å². The molecule has 0 aliphatic carbocycles. The van der Waals surface area contributed by atoms with Gasteiger partial charge in [0.05, 0.1) is 17.3 Å². The van der Waals surface area contributed by atoms with Crippen LogP contribution < -0.4 is 10.6 Å². The van der Waals surface area contributed by atoms with Crippen LogP contribution >= 0.6 is 0 Å². The number of benzene rings is 1. The molecule has 0 unspecified atom stereocenters. The monoisotopic (exact) mass is 347 g/mol. The number of halogens is 1. The highest BCUT2D eigenvalue weighted by atomic mass is 19.1. The summed E-state index contributed by atoms with van der Waals surface area (Å²) in [4.78, 5) is 33.4. The molecular weight excluding hydrogens is 333 g/mol. The lowest BCUT2D eigenvalue weighted by Gasteiger charge is -2.06. The highest BCUT2D eigenvalue weighted by Crippen LogP contribution is 2.24. The first-order chi connectivity index (χ1) is 12.0. The van der Waals surface area contributed by atoms with Crippen molar-refractivity contribution >= 4 is 29.3 Å². The first-order valence-corrected chi connectivity index (χ1v) is 7.19. The average Bonchev–Trinajstić information content (AvgIpc) is 3.08. The van der Waals surface area contributed by atoms with Crippen molar-refractivity contribution in [3.8, 4) is 0 Å². The largest absolute Gasteiger partial charge is 0.465 e. The van der Waals surface area contributed by atoms with Gasteiger partial charge in [0.2, 0.25) is 11.8 Å². The Bertz CT molecular complexity index is 802. The molecular formula is C16H14FN3O5. The van der Waals surface area contributed by atoms with Crippen LogP contribution in [0.5, 0.6) is 0 Å². The minimum Gasteiger partial charge on any atom is -0.465 e. The summed E-state index contributed by atoms with van der Waals surface area (Å²) in [5, 5.41) is 15.6. The summed E-state index contributed by atoms with van der Waals surface area (Å²) in [5.74, 6) is -1.24. The average molecular weight is 347 g/mol. The van der Waals surface area contributed by atoms with Crippen LogP contribution in [-0.4, -0.2) is 23.3 Å². The van der Waals surface area contributed by atoms with Crippen LogP contribution in [0.25, 0.3) is 6.08 Å². The maximum atomic E-state index is 13.0. The van der Waals surface area contributed by atoms with Crippen LogP contribution in [0, 0.1) is 15.9 Å². The lowest BCUT2D eigenvalue weighted by molar-refractivity contribution is -0.384. The number of carbonyl (C=O) groups excluding carboxylic acids is 2. The molecule has 9 heteroatoms. The maximum absolute atomic E-state index is 13.0. The molecule has 2 N–H and O–H groups in total. The molecule has 1 aromatic heterocycles. The Labute approximate surface area is 141 Å². The normalized spacial score (nSPS) is 10.6. The molecule has 2 aromatic rings. The van der Waals surface area contributed by atoms with Crippen molar-refractivity contribution in [3.05, 3.63) is 64.4 Å². The number of amides is 2. The maximum Gasteiger partial charge on any atom is 0.295 e. The van der Waals surface area contributed by atoms with Crippen molar-refractivity contribution in [1.82, 2.24) is 5.32 Å². The fourth-order valence-corrected chi connectivity index (χ4v) is 1.88. The first kappa shape index (κ1) is 17.9. The summed E-state index contributed by atoms with van der Waals surface area (Å²) < 4.78 is 18.1. The van der Waals surface area contributed by atoms with Gasteiger partial charge in [-0.1, -0.05) is 0 Å². The first-order valence-electron chi connectivity index (χ1n) is 7.19. The number of rotatable bonds is 7. The molecule has 0 aliphatic rings. The Morgan fingerprint density at radius 3 is 2.80 bits per heavy atom. The Morgan fingerprint density at radius 1 is 1.32 bits per heavy atom. The van der Waals surface area contributed by atoms with Crippen LogP contribution in [0.3, 0.4) is 0 Å². The summed E-state index contributed by atoms with van der Waals surface area (Å²) in [6.45, 7) is 0.0299. The van der Waals surface area contributed by atoms with Crippen LogP contribution in [0.15, 0.2) is 47.1 Å². The highest BCUT2D eigenvalue weighted by Gasteiger charge is 2.16. The van der Waals surface area contributed by atoms with Crippen LogP contribution in [0.2, 0.25) is 0 Å². The summed E-state index contributed by atoms with van der Waals surface area (Å²) in [6.07, 6.45) is 4.09. The van der Waals surface area contributed by atoms with Crippen LogP contribution in [0.1, 0.15) is 12.2 Å². The molecule has 1 heterocycles. The number of hydrogen-bond donors (Lipinski definition) is 2. The molecule has 0 saturated carbocycles. The van der Waals surface area contributed by atoms with Crippen molar-refractivity contribution in [2.45, 2.75) is 6.42 Å². The summed E-state index contributed by atoms with van der Waals surface area (Å²) in [6, 6.07) is 6.18. The van der Waals surface area contributed by atoms with Gasteiger partial charge in [-0.2, -0.15) is 0 Å². The van der Waals surface area contributed by atoms with Gasteiger partial charge in [0.1, 0.15) is 17.3 Å². The Hall–Kier alpha value is -3.49. The molecule has 0 bridgehead atoms. The third kappa shape index (κ3) is 5.57. The van der Waals surface area contributed by atoms with E-state index in [4.69, 9.17) is 4.42 Å². The molecule has 0 saturated heterocycles. The number of nitro groups is 1. The number of nitrogens with zero attached hydrogens (tertiary/aromatic N) is 1. The van der Waals surface area contributed by atoms with Gasteiger partial charge < -0.3 is 15.1 Å². The van der Waals surface area contributed by atoms with E-state index in [1.165, 1.54) is 18.4 Å². The second-order valence-corrected chi connectivity index (χ2v) is 4.86. The number of hydrogen-bond acceptors (Lipinski definition) is 5. The van der Waals surface area contributed by atoms with E-state index in [-0.39, 0.29) is 18.7 Å².